The number of sulfonamides is 1. The van der Waals surface area contributed by atoms with Crippen LogP contribution in [0, 0.1) is 0 Å². The summed E-state index contributed by atoms with van der Waals surface area (Å²) in [5.74, 6) is -0.169. The zero-order chi connectivity index (χ0) is 18.1. The van der Waals surface area contributed by atoms with Gasteiger partial charge in [0.1, 0.15) is 0 Å². The van der Waals surface area contributed by atoms with Crippen molar-refractivity contribution in [3.8, 4) is 0 Å². The van der Waals surface area contributed by atoms with Gasteiger partial charge >= 0.3 is 0 Å². The molecule has 0 unspecified atom stereocenters. The van der Waals surface area contributed by atoms with E-state index in [1.165, 1.54) is 22.7 Å². The Kier molecular flexibility index (Phi) is 5.13. The number of hydrogen-bond acceptors (Lipinski definition) is 6. The molecule has 1 N–H and O–H groups in total. The molecule has 2 aromatic rings. The van der Waals surface area contributed by atoms with Crippen molar-refractivity contribution in [2.45, 2.75) is 50.3 Å². The van der Waals surface area contributed by atoms with Gasteiger partial charge in [-0.3, -0.25) is 10.1 Å². The van der Waals surface area contributed by atoms with E-state index in [0.29, 0.717) is 29.5 Å². The van der Waals surface area contributed by atoms with Crippen LogP contribution in [0.25, 0.3) is 0 Å². The van der Waals surface area contributed by atoms with Crippen LogP contribution in [0.4, 0.5) is 5.13 Å². The van der Waals surface area contributed by atoms with Gasteiger partial charge in [0.05, 0.1) is 15.8 Å². The second-order valence-electron chi connectivity index (χ2n) is 6.71. The van der Waals surface area contributed by atoms with Crippen LogP contribution in [-0.4, -0.2) is 35.4 Å². The predicted octanol–water partition coefficient (Wildman–Crippen LogP) is 3.48. The van der Waals surface area contributed by atoms with Gasteiger partial charge in [-0.2, -0.15) is 4.31 Å². The summed E-state index contributed by atoms with van der Waals surface area (Å²) in [4.78, 5) is 18.3. The Hall–Kier alpha value is -1.29. The molecule has 26 heavy (non-hydrogen) atoms. The first kappa shape index (κ1) is 18.1. The molecule has 1 amide bonds. The number of nitrogens with one attached hydrogen (secondary N) is 1. The van der Waals surface area contributed by atoms with Gasteiger partial charge < -0.3 is 0 Å². The Morgan fingerprint density at radius 2 is 2.08 bits per heavy atom. The molecule has 1 fully saturated rings. The smallest absolute Gasteiger partial charge is 0.267 e. The Balaban J connectivity index is 1.47. The molecule has 4 rings (SSSR count). The number of carbonyl (C=O) groups excluding carboxylic acids is 1. The minimum Gasteiger partial charge on any atom is -0.297 e. The number of rotatable bonds is 4. The molecule has 0 saturated heterocycles. The molecule has 2 aliphatic rings. The Bertz CT molecular complexity index is 884. The quantitative estimate of drug-likeness (QED) is 0.835. The van der Waals surface area contributed by atoms with Crippen molar-refractivity contribution in [3.63, 3.8) is 0 Å². The molecule has 1 saturated carbocycles. The van der Waals surface area contributed by atoms with Crippen LogP contribution in [0.3, 0.4) is 0 Å². The molecular weight excluding hydrogens is 390 g/mol. The lowest BCUT2D eigenvalue weighted by Gasteiger charge is -2.31. The van der Waals surface area contributed by atoms with Gasteiger partial charge in [0.15, 0.2) is 5.13 Å². The zero-order valence-electron chi connectivity index (χ0n) is 14.3. The van der Waals surface area contributed by atoms with E-state index >= 15 is 0 Å². The molecule has 3 heterocycles. The molecule has 1 aliphatic heterocycles. The number of amides is 1. The normalized spacial score (nSPS) is 19.2. The molecular formula is C17H21N3O3S3. The van der Waals surface area contributed by atoms with E-state index in [0.717, 1.165) is 42.7 Å². The molecule has 9 heteroatoms. The van der Waals surface area contributed by atoms with Crippen LogP contribution < -0.4 is 5.32 Å². The predicted molar refractivity (Wildman–Crippen MR) is 104 cm³/mol. The summed E-state index contributed by atoms with van der Waals surface area (Å²) in [6, 6.07) is 3.60. The molecule has 6 nitrogen and oxygen atoms in total. The van der Waals surface area contributed by atoms with Crippen molar-refractivity contribution in [2.75, 3.05) is 11.9 Å². The monoisotopic (exact) mass is 411 g/mol. The van der Waals surface area contributed by atoms with E-state index in [1.54, 1.807) is 10.4 Å². The lowest BCUT2D eigenvalue weighted by molar-refractivity contribution is 0.103. The number of thiazole rings is 1. The third-order valence-electron chi connectivity index (χ3n) is 4.99. The molecule has 0 radical (unpaired) electrons. The van der Waals surface area contributed by atoms with E-state index in [-0.39, 0.29) is 11.2 Å². The summed E-state index contributed by atoms with van der Waals surface area (Å²) in [6.07, 6.45) is 5.29. The first-order valence-corrected chi connectivity index (χ1v) is 12.1. The maximum Gasteiger partial charge on any atom is 0.267 e. The van der Waals surface area contributed by atoms with E-state index in [9.17, 15) is 13.2 Å². The molecule has 140 valence electrons. The lowest BCUT2D eigenvalue weighted by atomic mass is 10.0. The lowest BCUT2D eigenvalue weighted by Crippen LogP contribution is -2.42. The third kappa shape index (κ3) is 3.58. The maximum atomic E-state index is 12.9. The van der Waals surface area contributed by atoms with Gasteiger partial charge in [0, 0.05) is 24.4 Å². The Morgan fingerprint density at radius 3 is 2.81 bits per heavy atom. The van der Waals surface area contributed by atoms with Gasteiger partial charge in [0.25, 0.3) is 5.91 Å². The molecule has 1 aliphatic carbocycles. The average Bonchev–Trinajstić information content (AvgIpc) is 3.31. The van der Waals surface area contributed by atoms with Crippen molar-refractivity contribution in [1.82, 2.24) is 9.29 Å². The summed E-state index contributed by atoms with van der Waals surface area (Å²) in [6.45, 7) is 0.856. The van der Waals surface area contributed by atoms with Crippen molar-refractivity contribution in [3.05, 3.63) is 33.0 Å². The average molecular weight is 412 g/mol. The van der Waals surface area contributed by atoms with Gasteiger partial charge in [-0.15, -0.1) is 22.7 Å². The zero-order valence-corrected chi connectivity index (χ0v) is 16.8. The maximum absolute atomic E-state index is 12.9. The number of thiophene rings is 1. The van der Waals surface area contributed by atoms with Crippen LogP contribution in [0.2, 0.25) is 0 Å². The summed E-state index contributed by atoms with van der Waals surface area (Å²) < 4.78 is 27.5. The van der Waals surface area contributed by atoms with Crippen LogP contribution in [0.5, 0.6) is 0 Å². The third-order valence-corrected chi connectivity index (χ3v) is 9.21. The van der Waals surface area contributed by atoms with Gasteiger partial charge in [-0.1, -0.05) is 25.3 Å². The minimum atomic E-state index is -3.25. The second-order valence-corrected chi connectivity index (χ2v) is 11.0. The second kappa shape index (κ2) is 7.38. The largest absolute Gasteiger partial charge is 0.297 e. The number of carbonyl (C=O) groups is 1. The number of anilines is 1. The first-order chi connectivity index (χ1) is 12.5. The van der Waals surface area contributed by atoms with Crippen molar-refractivity contribution in [2.24, 2.45) is 0 Å². The van der Waals surface area contributed by atoms with Gasteiger partial charge in [-0.25, -0.2) is 13.4 Å². The molecule has 0 bridgehead atoms. The fourth-order valence-corrected chi connectivity index (χ4v) is 7.31. The van der Waals surface area contributed by atoms with Crippen LogP contribution >= 0.6 is 22.7 Å². The van der Waals surface area contributed by atoms with Gasteiger partial charge in [0.2, 0.25) is 10.0 Å². The minimum absolute atomic E-state index is 0.169. The van der Waals surface area contributed by atoms with E-state index < -0.39 is 10.0 Å². The highest BCUT2D eigenvalue weighted by atomic mass is 32.2. The molecule has 0 aromatic carbocycles. The van der Waals surface area contributed by atoms with E-state index in [1.807, 2.05) is 11.4 Å². The highest BCUT2D eigenvalue weighted by Crippen LogP contribution is 2.33. The van der Waals surface area contributed by atoms with Gasteiger partial charge in [-0.05, 0) is 24.3 Å². The number of aromatic nitrogens is 1. The van der Waals surface area contributed by atoms with E-state index in [2.05, 4.69) is 10.3 Å². The molecule has 0 spiro atoms. The van der Waals surface area contributed by atoms with Crippen molar-refractivity contribution in [1.29, 1.82) is 0 Å². The number of nitrogens with zero attached hydrogens (tertiary/aromatic N) is 2. The van der Waals surface area contributed by atoms with Crippen molar-refractivity contribution < 1.29 is 13.2 Å². The first-order valence-electron chi connectivity index (χ1n) is 8.86. The topological polar surface area (TPSA) is 79.4 Å². The fourth-order valence-electron chi connectivity index (χ4n) is 3.58. The standard InChI is InChI=1S/C17H21N3O3S3/c21-16(14-7-4-10-24-14)19-17-18-13-8-9-20(11-15(13)25-17)26(22,23)12-5-2-1-3-6-12/h4,7,10,12H,1-3,5-6,8-9,11H2,(H,18,19,21). The number of fused-ring (bicyclic) bond motifs is 1. The van der Waals surface area contributed by atoms with Crippen LogP contribution in [-0.2, 0) is 23.0 Å². The van der Waals surface area contributed by atoms with E-state index in [4.69, 9.17) is 0 Å². The van der Waals surface area contributed by atoms with Crippen LogP contribution in [0.1, 0.15) is 52.3 Å². The fraction of sp³-hybridized carbons (Fsp3) is 0.529. The highest BCUT2D eigenvalue weighted by Gasteiger charge is 2.35. The molecule has 0 atom stereocenters. The summed E-state index contributed by atoms with van der Waals surface area (Å²) in [7, 11) is -3.25. The Labute approximate surface area is 161 Å². The highest BCUT2D eigenvalue weighted by molar-refractivity contribution is 7.89. The molecule has 2 aromatic heterocycles. The summed E-state index contributed by atoms with van der Waals surface area (Å²) in [5.41, 5.74) is 0.909. The Morgan fingerprint density at radius 1 is 1.27 bits per heavy atom. The summed E-state index contributed by atoms with van der Waals surface area (Å²) >= 11 is 2.76. The SMILES string of the molecule is O=C(Nc1nc2c(s1)CN(S(=O)(=O)C1CCCCC1)CC2)c1cccs1. The summed E-state index contributed by atoms with van der Waals surface area (Å²) in [5, 5.41) is 5.00. The van der Waals surface area contributed by atoms with Crippen LogP contribution in [0.15, 0.2) is 17.5 Å². The number of hydrogen-bond donors (Lipinski definition) is 1. The van der Waals surface area contributed by atoms with Crippen molar-refractivity contribution >= 4 is 43.7 Å².